The van der Waals surface area contributed by atoms with E-state index in [1.165, 1.54) is 6.07 Å². The molecular formula is C16H12F2N2O3. The molecule has 1 fully saturated rings. The van der Waals surface area contributed by atoms with Crippen LogP contribution in [0.3, 0.4) is 0 Å². The minimum Gasteiger partial charge on any atom is -0.477 e. The molecule has 4 rings (SSSR count). The molecule has 0 amide bonds. The number of rotatable bonds is 2. The molecule has 2 aliphatic heterocycles. The number of carbonyl (C=O) groups is 1. The molecule has 1 saturated heterocycles. The highest BCUT2D eigenvalue weighted by molar-refractivity contribution is 5.87. The van der Waals surface area contributed by atoms with Gasteiger partial charge in [-0.25, -0.2) is 18.6 Å². The first kappa shape index (κ1) is 14.2. The van der Waals surface area contributed by atoms with Gasteiger partial charge in [-0.2, -0.15) is 0 Å². The molecule has 2 bridgehead atoms. The smallest absolute Gasteiger partial charge is 0.354 e. The molecular weight excluding hydrogens is 306 g/mol. The Morgan fingerprint density at radius 3 is 2.87 bits per heavy atom. The first-order valence-corrected chi connectivity index (χ1v) is 7.27. The fourth-order valence-electron chi connectivity index (χ4n) is 3.29. The normalized spacial score (nSPS) is 22.0. The maximum absolute atomic E-state index is 14.1. The number of nitrogens with zero attached hydrogens (tertiary/aromatic N) is 2. The van der Waals surface area contributed by atoms with Crippen molar-refractivity contribution in [3.05, 3.63) is 46.9 Å². The molecule has 7 heteroatoms. The molecule has 5 nitrogen and oxygen atoms in total. The Morgan fingerprint density at radius 2 is 2.13 bits per heavy atom. The first-order valence-electron chi connectivity index (χ1n) is 7.27. The summed E-state index contributed by atoms with van der Waals surface area (Å²) in [4.78, 5) is 19.3. The van der Waals surface area contributed by atoms with Crippen molar-refractivity contribution >= 4 is 5.97 Å². The molecule has 0 unspecified atom stereocenters. The summed E-state index contributed by atoms with van der Waals surface area (Å²) in [6, 6.07) is 2.04. The summed E-state index contributed by atoms with van der Waals surface area (Å²) >= 11 is 0. The van der Waals surface area contributed by atoms with E-state index in [4.69, 9.17) is 4.74 Å². The van der Waals surface area contributed by atoms with Crippen molar-refractivity contribution in [1.82, 2.24) is 9.97 Å². The van der Waals surface area contributed by atoms with Crippen molar-refractivity contribution < 1.29 is 23.4 Å². The van der Waals surface area contributed by atoms with Crippen LogP contribution in [-0.2, 0) is 11.2 Å². The topological polar surface area (TPSA) is 72.3 Å². The summed E-state index contributed by atoms with van der Waals surface area (Å²) in [6.45, 7) is 0. The molecule has 0 aliphatic carbocycles. The summed E-state index contributed by atoms with van der Waals surface area (Å²) in [5.41, 5.74) is 1.36. The van der Waals surface area contributed by atoms with Crippen LogP contribution in [0.1, 0.15) is 40.7 Å². The standard InChI is InChI=1S/C16H12F2N2O3/c17-7-3-11(18)14(19-6-7)10-5-12(16(21)22)20-15-9(10)4-8-1-2-13(15)23-8/h3,5-6,8,13H,1-2,4H2,(H,21,22)/t8-,13+/m1/s1. The molecule has 0 saturated carbocycles. The SMILES string of the molecule is O=C(O)c1cc(-c2ncc(F)cc2F)c2c(n1)[C@@H]1CC[C@H](C2)O1. The van der Waals surface area contributed by atoms with Gasteiger partial charge in [-0.3, -0.25) is 4.98 Å². The Kier molecular flexibility index (Phi) is 3.12. The maximum atomic E-state index is 14.1. The fourth-order valence-corrected chi connectivity index (χ4v) is 3.29. The Morgan fingerprint density at radius 1 is 1.30 bits per heavy atom. The summed E-state index contributed by atoms with van der Waals surface area (Å²) < 4.78 is 33.0. The highest BCUT2D eigenvalue weighted by Gasteiger charge is 2.37. The minimum absolute atomic E-state index is 0.0206. The minimum atomic E-state index is -1.21. The molecule has 2 atom stereocenters. The number of aromatic carboxylic acids is 1. The number of pyridine rings is 2. The van der Waals surface area contributed by atoms with Crippen LogP contribution in [0, 0.1) is 11.6 Å². The fraction of sp³-hybridized carbons (Fsp3) is 0.312. The lowest BCUT2D eigenvalue weighted by Crippen LogP contribution is -2.21. The third kappa shape index (κ3) is 2.28. The van der Waals surface area contributed by atoms with Gasteiger partial charge in [-0.05, 0) is 24.5 Å². The number of aromatic nitrogens is 2. The van der Waals surface area contributed by atoms with Crippen LogP contribution in [0.25, 0.3) is 11.3 Å². The average Bonchev–Trinajstić information content (AvgIpc) is 2.89. The number of hydrogen-bond acceptors (Lipinski definition) is 4. The van der Waals surface area contributed by atoms with Gasteiger partial charge in [0, 0.05) is 18.1 Å². The van der Waals surface area contributed by atoms with Gasteiger partial charge < -0.3 is 9.84 Å². The summed E-state index contributed by atoms with van der Waals surface area (Å²) in [6.07, 6.45) is 2.79. The molecule has 2 aromatic heterocycles. The molecule has 2 aromatic rings. The van der Waals surface area contributed by atoms with E-state index in [2.05, 4.69) is 9.97 Å². The third-order valence-electron chi connectivity index (χ3n) is 4.28. The van der Waals surface area contributed by atoms with Crippen LogP contribution in [0.2, 0.25) is 0 Å². The number of carboxylic acid groups (broad SMARTS) is 1. The van der Waals surface area contributed by atoms with E-state index in [1.807, 2.05) is 0 Å². The predicted molar refractivity (Wildman–Crippen MR) is 74.9 cm³/mol. The highest BCUT2D eigenvalue weighted by atomic mass is 19.1. The lowest BCUT2D eigenvalue weighted by atomic mass is 9.94. The number of fused-ring (bicyclic) bond motifs is 4. The second kappa shape index (κ2) is 5.06. The van der Waals surface area contributed by atoms with E-state index < -0.39 is 17.6 Å². The Bertz CT molecular complexity index is 825. The highest BCUT2D eigenvalue weighted by Crippen LogP contribution is 2.43. The van der Waals surface area contributed by atoms with E-state index in [0.29, 0.717) is 17.7 Å². The van der Waals surface area contributed by atoms with Crippen LogP contribution >= 0.6 is 0 Å². The zero-order chi connectivity index (χ0) is 16.1. The van der Waals surface area contributed by atoms with Crippen LogP contribution in [0.4, 0.5) is 8.78 Å². The lowest BCUT2D eigenvalue weighted by molar-refractivity contribution is 0.0293. The van der Waals surface area contributed by atoms with Crippen molar-refractivity contribution in [2.24, 2.45) is 0 Å². The molecule has 0 radical (unpaired) electrons. The number of hydrogen-bond donors (Lipinski definition) is 1. The van der Waals surface area contributed by atoms with E-state index in [0.717, 1.165) is 30.7 Å². The second-order valence-corrected chi connectivity index (χ2v) is 5.74. The summed E-state index contributed by atoms with van der Waals surface area (Å²) in [7, 11) is 0. The van der Waals surface area contributed by atoms with Gasteiger partial charge in [0.15, 0.2) is 5.82 Å². The van der Waals surface area contributed by atoms with Gasteiger partial charge in [0.05, 0.1) is 18.0 Å². The zero-order valence-corrected chi connectivity index (χ0v) is 11.9. The van der Waals surface area contributed by atoms with Gasteiger partial charge in [-0.15, -0.1) is 0 Å². The van der Waals surface area contributed by atoms with Gasteiger partial charge >= 0.3 is 5.97 Å². The van der Waals surface area contributed by atoms with Gasteiger partial charge in [0.25, 0.3) is 0 Å². The molecule has 2 aliphatic rings. The number of halogens is 2. The van der Waals surface area contributed by atoms with E-state index in [1.54, 1.807) is 0 Å². The van der Waals surface area contributed by atoms with Crippen LogP contribution in [0.5, 0.6) is 0 Å². The van der Waals surface area contributed by atoms with Crippen molar-refractivity contribution in [2.45, 2.75) is 31.5 Å². The third-order valence-corrected chi connectivity index (χ3v) is 4.28. The molecule has 1 N–H and O–H groups in total. The molecule has 4 heterocycles. The molecule has 23 heavy (non-hydrogen) atoms. The number of ether oxygens (including phenoxy) is 1. The largest absolute Gasteiger partial charge is 0.477 e. The monoisotopic (exact) mass is 318 g/mol. The Balaban J connectivity index is 1.97. The predicted octanol–water partition coefficient (Wildman–Crippen LogP) is 2.90. The van der Waals surface area contributed by atoms with Gasteiger partial charge in [0.2, 0.25) is 0 Å². The van der Waals surface area contributed by atoms with Crippen LogP contribution in [-0.4, -0.2) is 27.1 Å². The Hall–Kier alpha value is -2.41. The lowest BCUT2D eigenvalue weighted by Gasteiger charge is -2.25. The molecule has 0 spiro atoms. The summed E-state index contributed by atoms with van der Waals surface area (Å²) in [5, 5.41) is 9.26. The van der Waals surface area contributed by atoms with Crippen molar-refractivity contribution in [3.8, 4) is 11.3 Å². The van der Waals surface area contributed by atoms with Crippen LogP contribution in [0.15, 0.2) is 18.3 Å². The van der Waals surface area contributed by atoms with E-state index in [-0.39, 0.29) is 23.6 Å². The quantitative estimate of drug-likeness (QED) is 0.922. The zero-order valence-electron chi connectivity index (χ0n) is 11.9. The van der Waals surface area contributed by atoms with Crippen molar-refractivity contribution in [3.63, 3.8) is 0 Å². The van der Waals surface area contributed by atoms with Crippen LogP contribution < -0.4 is 0 Å². The summed E-state index contributed by atoms with van der Waals surface area (Å²) in [5.74, 6) is -2.82. The van der Waals surface area contributed by atoms with E-state index >= 15 is 0 Å². The molecule has 118 valence electrons. The van der Waals surface area contributed by atoms with Gasteiger partial charge in [0.1, 0.15) is 23.3 Å². The second-order valence-electron chi connectivity index (χ2n) is 5.74. The number of carboxylic acids is 1. The molecule has 0 aromatic carbocycles. The van der Waals surface area contributed by atoms with Crippen molar-refractivity contribution in [1.29, 1.82) is 0 Å². The maximum Gasteiger partial charge on any atom is 0.354 e. The van der Waals surface area contributed by atoms with E-state index in [9.17, 15) is 18.7 Å². The van der Waals surface area contributed by atoms with Gasteiger partial charge in [-0.1, -0.05) is 0 Å². The average molecular weight is 318 g/mol. The Labute approximate surface area is 130 Å². The first-order chi connectivity index (χ1) is 11.0. The van der Waals surface area contributed by atoms with Crippen molar-refractivity contribution in [2.75, 3.05) is 0 Å².